The summed E-state index contributed by atoms with van der Waals surface area (Å²) < 4.78 is 0. The molecule has 1 atom stereocenters. The zero-order valence-electron chi connectivity index (χ0n) is 17.5. The van der Waals surface area contributed by atoms with Crippen LogP contribution in [-0.4, -0.2) is 21.3 Å². The highest BCUT2D eigenvalue weighted by molar-refractivity contribution is 7.15. The molecule has 0 aromatic heterocycles. The lowest BCUT2D eigenvalue weighted by atomic mass is 9.73. The van der Waals surface area contributed by atoms with Gasteiger partial charge in [0, 0.05) is 11.1 Å². The van der Waals surface area contributed by atoms with Crippen molar-refractivity contribution >= 4 is 30.8 Å². The number of nitrogens with zero attached hydrogens (tertiary/aromatic N) is 1. The number of hydrogen-bond acceptors (Lipinski definition) is 2. The summed E-state index contributed by atoms with van der Waals surface area (Å²) >= 11 is 0. The van der Waals surface area contributed by atoms with Gasteiger partial charge in [0.25, 0.3) is 0 Å². The Kier molecular flexibility index (Phi) is 5.02. The number of benzene rings is 3. The Morgan fingerprint density at radius 2 is 1.36 bits per heavy atom. The Labute approximate surface area is 171 Å². The van der Waals surface area contributed by atoms with Crippen LogP contribution in [0.4, 0.5) is 0 Å². The third-order valence-electron chi connectivity index (χ3n) is 6.45. The molecule has 1 N–H and O–H groups in total. The monoisotopic (exact) mass is 393 g/mol. The Balaban J connectivity index is 1.64. The lowest BCUT2D eigenvalue weighted by Crippen LogP contribution is -2.59. The molecule has 1 heterocycles. The minimum atomic E-state index is -0.186. The third kappa shape index (κ3) is 3.59. The highest BCUT2D eigenvalue weighted by atomic mass is 31.0. The van der Waals surface area contributed by atoms with E-state index in [-0.39, 0.29) is 11.1 Å². The SMILES string of the molecule is CC1(C)CC(Cc2ccc3c(ccc4cc(CP)ccc43)c2)CC(C)(C)N1O. The van der Waals surface area contributed by atoms with Crippen molar-refractivity contribution in [1.29, 1.82) is 0 Å². The Bertz CT molecular complexity index is 1010. The van der Waals surface area contributed by atoms with Crippen LogP contribution in [0.15, 0.2) is 48.5 Å². The molecule has 0 bridgehead atoms. The van der Waals surface area contributed by atoms with Gasteiger partial charge in [0.1, 0.15) is 0 Å². The average molecular weight is 394 g/mol. The predicted octanol–water partition coefficient (Wildman–Crippen LogP) is 6.57. The summed E-state index contributed by atoms with van der Waals surface area (Å²) in [6, 6.07) is 18.3. The number of fused-ring (bicyclic) bond motifs is 3. The smallest absolute Gasteiger partial charge is 0.0413 e. The van der Waals surface area contributed by atoms with E-state index in [4.69, 9.17) is 0 Å². The van der Waals surface area contributed by atoms with Crippen LogP contribution in [0.1, 0.15) is 51.7 Å². The molecule has 3 aromatic carbocycles. The summed E-state index contributed by atoms with van der Waals surface area (Å²) in [5.74, 6) is 0.580. The van der Waals surface area contributed by atoms with E-state index in [1.807, 2.05) is 0 Å². The first-order valence-corrected chi connectivity index (χ1v) is 11.1. The first kappa shape index (κ1) is 19.8. The predicted molar refractivity (Wildman–Crippen MR) is 123 cm³/mol. The van der Waals surface area contributed by atoms with E-state index in [1.165, 1.54) is 32.7 Å². The first-order chi connectivity index (χ1) is 13.2. The largest absolute Gasteiger partial charge is 0.313 e. The Morgan fingerprint density at radius 3 is 1.89 bits per heavy atom. The second kappa shape index (κ2) is 7.10. The molecule has 0 aliphatic carbocycles. The van der Waals surface area contributed by atoms with Gasteiger partial charge in [-0.3, -0.25) is 0 Å². The summed E-state index contributed by atoms with van der Waals surface area (Å²) in [5.41, 5.74) is 2.38. The van der Waals surface area contributed by atoms with Gasteiger partial charge in [-0.15, -0.1) is 9.24 Å². The molecule has 1 unspecified atom stereocenters. The molecule has 1 aliphatic heterocycles. The zero-order chi connectivity index (χ0) is 20.1. The van der Waals surface area contributed by atoms with Crippen LogP contribution < -0.4 is 0 Å². The quantitative estimate of drug-likeness (QED) is 0.402. The van der Waals surface area contributed by atoms with Gasteiger partial charge in [0.2, 0.25) is 0 Å². The number of hydroxylamine groups is 2. The molecule has 0 spiro atoms. The van der Waals surface area contributed by atoms with E-state index in [0.717, 1.165) is 25.4 Å². The van der Waals surface area contributed by atoms with Gasteiger partial charge in [-0.25, -0.2) is 0 Å². The maximum Gasteiger partial charge on any atom is 0.0413 e. The van der Waals surface area contributed by atoms with Gasteiger partial charge in [-0.05, 0) is 91.7 Å². The lowest BCUT2D eigenvalue weighted by molar-refractivity contribution is -0.250. The highest BCUT2D eigenvalue weighted by Gasteiger charge is 2.44. The van der Waals surface area contributed by atoms with Crippen molar-refractivity contribution in [2.45, 2.75) is 64.2 Å². The minimum absolute atomic E-state index is 0.186. The van der Waals surface area contributed by atoms with E-state index in [1.54, 1.807) is 5.06 Å². The molecule has 0 saturated carbocycles. The van der Waals surface area contributed by atoms with Crippen LogP contribution in [0.25, 0.3) is 21.5 Å². The van der Waals surface area contributed by atoms with Gasteiger partial charge in [-0.1, -0.05) is 48.5 Å². The van der Waals surface area contributed by atoms with Crippen LogP contribution in [0.5, 0.6) is 0 Å². The molecule has 1 fully saturated rings. The fraction of sp³-hybridized carbons (Fsp3) is 0.440. The fourth-order valence-corrected chi connectivity index (χ4v) is 5.63. The van der Waals surface area contributed by atoms with Crippen molar-refractivity contribution in [3.63, 3.8) is 0 Å². The van der Waals surface area contributed by atoms with Crippen LogP contribution in [0.2, 0.25) is 0 Å². The van der Waals surface area contributed by atoms with Gasteiger partial charge < -0.3 is 5.21 Å². The van der Waals surface area contributed by atoms with Crippen molar-refractivity contribution in [2.75, 3.05) is 0 Å². The second-order valence-electron chi connectivity index (χ2n) is 9.80. The standard InChI is InChI=1S/C25H32NOP/c1-24(2)14-19(15-25(3,4)26(24)27)11-17-5-9-22-20(12-17)7-8-21-13-18(16-28)6-10-23(21)22/h5-10,12-13,19,27H,11,14-16,28H2,1-4H3. The average Bonchev–Trinajstić information content (AvgIpc) is 2.64. The first-order valence-electron chi connectivity index (χ1n) is 10.3. The molecule has 28 heavy (non-hydrogen) atoms. The maximum absolute atomic E-state index is 10.6. The molecule has 0 amide bonds. The van der Waals surface area contributed by atoms with Crippen molar-refractivity contribution in [2.24, 2.45) is 5.92 Å². The maximum atomic E-state index is 10.6. The normalized spacial score (nSPS) is 20.1. The lowest BCUT2D eigenvalue weighted by Gasteiger charge is -2.51. The van der Waals surface area contributed by atoms with Crippen molar-refractivity contribution in [1.82, 2.24) is 5.06 Å². The number of rotatable bonds is 3. The third-order valence-corrected chi connectivity index (χ3v) is 6.92. The molecule has 2 nitrogen and oxygen atoms in total. The molecule has 3 aromatic rings. The molecule has 1 aliphatic rings. The van der Waals surface area contributed by atoms with Gasteiger partial charge in [0.05, 0.1) is 0 Å². The number of piperidine rings is 1. The summed E-state index contributed by atoms with van der Waals surface area (Å²) in [4.78, 5) is 0. The van der Waals surface area contributed by atoms with Crippen molar-refractivity contribution in [3.8, 4) is 0 Å². The minimum Gasteiger partial charge on any atom is -0.313 e. The van der Waals surface area contributed by atoms with E-state index in [0.29, 0.717) is 5.92 Å². The van der Waals surface area contributed by atoms with E-state index < -0.39 is 0 Å². The molecule has 3 heteroatoms. The molecule has 148 valence electrons. The van der Waals surface area contributed by atoms with Gasteiger partial charge in [0.15, 0.2) is 0 Å². The van der Waals surface area contributed by atoms with E-state index in [2.05, 4.69) is 85.5 Å². The van der Waals surface area contributed by atoms with Crippen molar-refractivity contribution < 1.29 is 5.21 Å². The fourth-order valence-electron chi connectivity index (χ4n) is 5.38. The zero-order valence-corrected chi connectivity index (χ0v) is 18.7. The summed E-state index contributed by atoms with van der Waals surface area (Å²) in [6.07, 6.45) is 4.09. The van der Waals surface area contributed by atoms with Crippen LogP contribution in [0.3, 0.4) is 0 Å². The number of hydrogen-bond donors (Lipinski definition) is 1. The van der Waals surface area contributed by atoms with E-state index >= 15 is 0 Å². The molecule has 0 radical (unpaired) electrons. The molecule has 1 saturated heterocycles. The summed E-state index contributed by atoms with van der Waals surface area (Å²) in [6.45, 7) is 8.60. The van der Waals surface area contributed by atoms with Gasteiger partial charge >= 0.3 is 0 Å². The van der Waals surface area contributed by atoms with Crippen LogP contribution in [-0.2, 0) is 12.6 Å². The molecular formula is C25H32NOP. The van der Waals surface area contributed by atoms with Gasteiger partial charge in [-0.2, -0.15) is 5.06 Å². The Morgan fingerprint density at radius 1 is 0.857 bits per heavy atom. The van der Waals surface area contributed by atoms with E-state index in [9.17, 15) is 5.21 Å². The summed E-state index contributed by atoms with van der Waals surface area (Å²) in [7, 11) is 2.80. The van der Waals surface area contributed by atoms with Crippen LogP contribution >= 0.6 is 9.24 Å². The Hall–Kier alpha value is -1.47. The van der Waals surface area contributed by atoms with Crippen LogP contribution in [0, 0.1) is 5.92 Å². The molecular weight excluding hydrogens is 361 g/mol. The second-order valence-corrected chi connectivity index (χ2v) is 10.2. The van der Waals surface area contributed by atoms with Crippen molar-refractivity contribution in [3.05, 3.63) is 59.7 Å². The topological polar surface area (TPSA) is 23.5 Å². The molecule has 4 rings (SSSR count). The highest BCUT2D eigenvalue weighted by Crippen LogP contribution is 2.41. The summed E-state index contributed by atoms with van der Waals surface area (Å²) in [5, 5.41) is 17.4.